The molecule has 2 saturated heterocycles. The van der Waals surface area contributed by atoms with E-state index in [4.69, 9.17) is 4.74 Å². The van der Waals surface area contributed by atoms with Gasteiger partial charge in [-0.2, -0.15) is 0 Å². The number of hydrogen-bond donors (Lipinski definition) is 1. The van der Waals surface area contributed by atoms with Crippen LogP contribution in [0.2, 0.25) is 0 Å². The van der Waals surface area contributed by atoms with Gasteiger partial charge in [0.2, 0.25) is 0 Å². The molecule has 2 atom stereocenters. The summed E-state index contributed by atoms with van der Waals surface area (Å²) in [5.74, 6) is 1.02. The molecule has 3 heteroatoms. The van der Waals surface area contributed by atoms with Crippen LogP contribution in [0.3, 0.4) is 0 Å². The summed E-state index contributed by atoms with van der Waals surface area (Å²) in [7, 11) is 0. The highest BCUT2D eigenvalue weighted by Gasteiger charge is 2.33. The highest BCUT2D eigenvalue weighted by molar-refractivity contribution is 4.87. The van der Waals surface area contributed by atoms with E-state index < -0.39 is 0 Å². The van der Waals surface area contributed by atoms with Crippen LogP contribution in [0.5, 0.6) is 0 Å². The standard InChI is InChI=1S/C10H18N2O/c1-2-8(1)5-12-6-9-3-11-4-10(7-12)13-9/h8-11H,1-7H2/t9-,10+. The molecule has 1 aliphatic carbocycles. The number of ether oxygens (including phenoxy) is 1. The molecule has 1 saturated carbocycles. The third-order valence-electron chi connectivity index (χ3n) is 3.27. The molecule has 0 aromatic carbocycles. The SMILES string of the molecule is C1CC1CN1C[C@H]2CNC[C@@H](C1)O2. The molecular weight excluding hydrogens is 164 g/mol. The van der Waals surface area contributed by atoms with E-state index in [0.29, 0.717) is 12.2 Å². The molecular formula is C10H18N2O. The van der Waals surface area contributed by atoms with Gasteiger partial charge in [-0.1, -0.05) is 0 Å². The lowest BCUT2D eigenvalue weighted by Crippen LogP contribution is -2.58. The summed E-state index contributed by atoms with van der Waals surface area (Å²) in [6, 6.07) is 0. The Morgan fingerprint density at radius 3 is 2.46 bits per heavy atom. The average Bonchev–Trinajstić information content (AvgIpc) is 2.87. The van der Waals surface area contributed by atoms with E-state index in [2.05, 4.69) is 10.2 Å². The zero-order chi connectivity index (χ0) is 8.67. The molecule has 0 spiro atoms. The molecule has 3 fully saturated rings. The molecule has 74 valence electrons. The van der Waals surface area contributed by atoms with E-state index in [1.54, 1.807) is 0 Å². The summed E-state index contributed by atoms with van der Waals surface area (Å²) in [5.41, 5.74) is 0. The predicted octanol–water partition coefficient (Wildman–Crippen LogP) is 0.0690. The van der Waals surface area contributed by atoms with E-state index in [0.717, 1.165) is 32.1 Å². The van der Waals surface area contributed by atoms with Gasteiger partial charge in [0, 0.05) is 32.7 Å². The Labute approximate surface area is 79.4 Å². The summed E-state index contributed by atoms with van der Waals surface area (Å²) < 4.78 is 5.85. The summed E-state index contributed by atoms with van der Waals surface area (Å²) in [5, 5.41) is 3.42. The number of hydrogen-bond acceptors (Lipinski definition) is 3. The molecule has 0 aromatic rings. The third kappa shape index (κ3) is 1.87. The molecule has 2 heterocycles. The Morgan fingerprint density at radius 1 is 1.15 bits per heavy atom. The summed E-state index contributed by atoms with van der Waals surface area (Å²) in [6.07, 6.45) is 3.85. The number of fused-ring (bicyclic) bond motifs is 2. The maximum Gasteiger partial charge on any atom is 0.0831 e. The Hall–Kier alpha value is -0.120. The fourth-order valence-electron chi connectivity index (χ4n) is 2.45. The van der Waals surface area contributed by atoms with E-state index in [-0.39, 0.29) is 0 Å². The fourth-order valence-corrected chi connectivity index (χ4v) is 2.45. The van der Waals surface area contributed by atoms with Crippen LogP contribution in [0.15, 0.2) is 0 Å². The Bertz CT molecular complexity index is 181. The van der Waals surface area contributed by atoms with Crippen LogP contribution in [0.4, 0.5) is 0 Å². The van der Waals surface area contributed by atoms with Crippen molar-refractivity contribution in [1.82, 2.24) is 10.2 Å². The summed E-state index contributed by atoms with van der Waals surface area (Å²) in [4.78, 5) is 2.61. The van der Waals surface area contributed by atoms with Crippen LogP contribution in [0, 0.1) is 5.92 Å². The van der Waals surface area contributed by atoms with Crippen molar-refractivity contribution in [2.75, 3.05) is 32.7 Å². The van der Waals surface area contributed by atoms with Gasteiger partial charge in [0.25, 0.3) is 0 Å². The molecule has 1 N–H and O–H groups in total. The molecule has 0 amide bonds. The van der Waals surface area contributed by atoms with Gasteiger partial charge in [0.15, 0.2) is 0 Å². The number of nitrogens with one attached hydrogen (secondary N) is 1. The van der Waals surface area contributed by atoms with Crippen molar-refractivity contribution in [2.45, 2.75) is 25.0 Å². The van der Waals surface area contributed by atoms with Gasteiger partial charge in [-0.3, -0.25) is 4.90 Å². The summed E-state index contributed by atoms with van der Waals surface area (Å²) >= 11 is 0. The smallest absolute Gasteiger partial charge is 0.0831 e. The number of morpholine rings is 2. The van der Waals surface area contributed by atoms with Gasteiger partial charge in [-0.15, -0.1) is 0 Å². The molecule has 2 bridgehead atoms. The van der Waals surface area contributed by atoms with E-state index in [1.165, 1.54) is 19.4 Å². The van der Waals surface area contributed by atoms with Crippen molar-refractivity contribution >= 4 is 0 Å². The third-order valence-corrected chi connectivity index (χ3v) is 3.27. The number of nitrogens with zero attached hydrogens (tertiary/aromatic N) is 1. The van der Waals surface area contributed by atoms with Crippen LogP contribution in [0.1, 0.15) is 12.8 Å². The van der Waals surface area contributed by atoms with Crippen LogP contribution in [-0.4, -0.2) is 49.8 Å². The molecule has 2 aliphatic heterocycles. The minimum absolute atomic E-state index is 0.464. The van der Waals surface area contributed by atoms with Crippen LogP contribution in [0.25, 0.3) is 0 Å². The Morgan fingerprint density at radius 2 is 1.85 bits per heavy atom. The monoisotopic (exact) mass is 182 g/mol. The average molecular weight is 182 g/mol. The topological polar surface area (TPSA) is 24.5 Å². The first-order valence-corrected chi connectivity index (χ1v) is 5.48. The lowest BCUT2D eigenvalue weighted by Gasteiger charge is -2.41. The normalized spacial score (nSPS) is 40.6. The van der Waals surface area contributed by atoms with E-state index in [9.17, 15) is 0 Å². The first-order chi connectivity index (χ1) is 6.40. The first-order valence-electron chi connectivity index (χ1n) is 5.48. The Kier molecular flexibility index (Phi) is 2.04. The molecule has 13 heavy (non-hydrogen) atoms. The minimum Gasteiger partial charge on any atom is -0.370 e. The zero-order valence-corrected chi connectivity index (χ0v) is 8.04. The van der Waals surface area contributed by atoms with Crippen molar-refractivity contribution in [3.63, 3.8) is 0 Å². The molecule has 0 aromatic heterocycles. The second kappa shape index (κ2) is 3.23. The molecule has 0 radical (unpaired) electrons. The van der Waals surface area contributed by atoms with Gasteiger partial charge < -0.3 is 10.1 Å². The second-order valence-corrected chi connectivity index (χ2v) is 4.70. The molecule has 0 unspecified atom stereocenters. The lowest BCUT2D eigenvalue weighted by molar-refractivity contribution is -0.103. The lowest BCUT2D eigenvalue weighted by atomic mass is 10.1. The van der Waals surface area contributed by atoms with Crippen LogP contribution >= 0.6 is 0 Å². The van der Waals surface area contributed by atoms with Gasteiger partial charge in [-0.25, -0.2) is 0 Å². The van der Waals surface area contributed by atoms with Crippen LogP contribution in [-0.2, 0) is 4.74 Å². The largest absolute Gasteiger partial charge is 0.370 e. The van der Waals surface area contributed by atoms with E-state index >= 15 is 0 Å². The van der Waals surface area contributed by atoms with Gasteiger partial charge in [0.05, 0.1) is 12.2 Å². The predicted molar refractivity (Wildman–Crippen MR) is 50.7 cm³/mol. The second-order valence-electron chi connectivity index (χ2n) is 4.70. The summed E-state index contributed by atoms with van der Waals surface area (Å²) in [6.45, 7) is 5.74. The maximum atomic E-state index is 5.85. The maximum absolute atomic E-state index is 5.85. The highest BCUT2D eigenvalue weighted by atomic mass is 16.5. The molecule has 3 rings (SSSR count). The molecule has 3 nitrogen and oxygen atoms in total. The Balaban J connectivity index is 1.57. The van der Waals surface area contributed by atoms with Crippen molar-refractivity contribution in [3.05, 3.63) is 0 Å². The van der Waals surface area contributed by atoms with Gasteiger partial charge in [0.1, 0.15) is 0 Å². The quantitative estimate of drug-likeness (QED) is 0.654. The highest BCUT2D eigenvalue weighted by Crippen LogP contribution is 2.30. The van der Waals surface area contributed by atoms with Crippen molar-refractivity contribution in [1.29, 1.82) is 0 Å². The van der Waals surface area contributed by atoms with Gasteiger partial charge >= 0.3 is 0 Å². The number of rotatable bonds is 2. The van der Waals surface area contributed by atoms with Crippen molar-refractivity contribution < 1.29 is 4.74 Å². The fraction of sp³-hybridized carbons (Fsp3) is 1.00. The van der Waals surface area contributed by atoms with Crippen molar-refractivity contribution in [2.24, 2.45) is 5.92 Å². The van der Waals surface area contributed by atoms with Crippen LogP contribution < -0.4 is 5.32 Å². The zero-order valence-electron chi connectivity index (χ0n) is 8.04. The first kappa shape index (κ1) is 8.21. The minimum atomic E-state index is 0.464. The molecule has 3 aliphatic rings. The van der Waals surface area contributed by atoms with Gasteiger partial charge in [-0.05, 0) is 18.8 Å². The van der Waals surface area contributed by atoms with Crippen molar-refractivity contribution in [3.8, 4) is 0 Å². The van der Waals surface area contributed by atoms with E-state index in [1.807, 2.05) is 0 Å².